The molecule has 8 nitrogen and oxygen atoms in total. The van der Waals surface area contributed by atoms with Crippen LogP contribution >= 0.6 is 11.3 Å². The summed E-state index contributed by atoms with van der Waals surface area (Å²) in [4.78, 5) is 40.0. The fourth-order valence-corrected chi connectivity index (χ4v) is 4.89. The van der Waals surface area contributed by atoms with Crippen molar-refractivity contribution in [3.05, 3.63) is 46.2 Å². The lowest BCUT2D eigenvalue weighted by molar-refractivity contribution is -0.133. The zero-order chi connectivity index (χ0) is 22.7. The molecule has 4 rings (SSSR count). The van der Waals surface area contributed by atoms with E-state index in [2.05, 4.69) is 10.6 Å². The monoisotopic (exact) mass is 457 g/mol. The predicted molar refractivity (Wildman–Crippen MR) is 121 cm³/mol. The first-order valence-electron chi connectivity index (χ1n) is 10.7. The number of rotatable bonds is 5. The summed E-state index contributed by atoms with van der Waals surface area (Å²) in [5, 5.41) is 7.42. The molecule has 3 amide bonds. The lowest BCUT2D eigenvalue weighted by atomic mass is 9.94. The van der Waals surface area contributed by atoms with E-state index in [-0.39, 0.29) is 49.0 Å². The Kier molecular flexibility index (Phi) is 6.76. The minimum Gasteiger partial charge on any atom is -0.490 e. The number of thiophene rings is 1. The smallest absolute Gasteiger partial charge is 0.257 e. The molecule has 0 unspecified atom stereocenters. The summed E-state index contributed by atoms with van der Waals surface area (Å²) in [6.45, 7) is 0.281. The minimum absolute atomic E-state index is 0.0661. The lowest BCUT2D eigenvalue weighted by Crippen LogP contribution is -2.53. The van der Waals surface area contributed by atoms with E-state index >= 15 is 0 Å². The number of anilines is 1. The van der Waals surface area contributed by atoms with Gasteiger partial charge in [-0.1, -0.05) is 6.07 Å². The van der Waals surface area contributed by atoms with Crippen LogP contribution in [0.3, 0.4) is 0 Å². The average molecular weight is 458 g/mol. The Balaban J connectivity index is 1.48. The molecule has 1 saturated heterocycles. The van der Waals surface area contributed by atoms with Crippen LogP contribution in [0.1, 0.15) is 34.5 Å². The Morgan fingerprint density at radius 1 is 1.22 bits per heavy atom. The Labute approximate surface area is 190 Å². The first-order chi connectivity index (χ1) is 15.4. The molecule has 2 aliphatic rings. The number of nitrogens with zero attached hydrogens (tertiary/aromatic N) is 1. The van der Waals surface area contributed by atoms with Gasteiger partial charge in [-0.15, -0.1) is 11.3 Å². The van der Waals surface area contributed by atoms with Crippen molar-refractivity contribution in [1.29, 1.82) is 0 Å². The van der Waals surface area contributed by atoms with Gasteiger partial charge in [0.25, 0.3) is 5.91 Å². The van der Waals surface area contributed by atoms with Crippen molar-refractivity contribution in [2.75, 3.05) is 26.0 Å². The van der Waals surface area contributed by atoms with Gasteiger partial charge < -0.3 is 25.0 Å². The van der Waals surface area contributed by atoms with E-state index in [1.807, 2.05) is 17.5 Å². The second kappa shape index (κ2) is 9.70. The first kappa shape index (κ1) is 22.3. The zero-order valence-corrected chi connectivity index (χ0v) is 18.9. The summed E-state index contributed by atoms with van der Waals surface area (Å²) in [6, 6.07) is 8.78. The van der Waals surface area contributed by atoms with Gasteiger partial charge in [-0.05, 0) is 42.5 Å². The van der Waals surface area contributed by atoms with Gasteiger partial charge in [-0.25, -0.2) is 0 Å². The number of amides is 3. The van der Waals surface area contributed by atoms with Gasteiger partial charge in [-0.3, -0.25) is 14.4 Å². The summed E-state index contributed by atoms with van der Waals surface area (Å²) < 4.78 is 12.1. The SMILES string of the molecule is CNC(=O)C[C@H]1CC[C@@H]2[C@@H](COc3ccc(NC(=O)Cc4cccs4)cc3C(=O)N2C)O1. The first-order valence-corrected chi connectivity index (χ1v) is 11.5. The number of hydrogen-bond donors (Lipinski definition) is 2. The molecule has 0 aliphatic carbocycles. The van der Waals surface area contributed by atoms with Crippen molar-refractivity contribution < 1.29 is 23.9 Å². The maximum atomic E-state index is 13.3. The number of nitrogens with one attached hydrogen (secondary N) is 2. The van der Waals surface area contributed by atoms with Crippen molar-refractivity contribution in [2.45, 2.75) is 43.9 Å². The van der Waals surface area contributed by atoms with Gasteiger partial charge in [0.05, 0.1) is 30.6 Å². The maximum absolute atomic E-state index is 13.3. The molecule has 0 spiro atoms. The molecule has 3 heterocycles. The molecule has 9 heteroatoms. The van der Waals surface area contributed by atoms with E-state index in [4.69, 9.17) is 9.47 Å². The molecule has 1 fully saturated rings. The van der Waals surface area contributed by atoms with Crippen molar-refractivity contribution >= 4 is 34.7 Å². The molecule has 170 valence electrons. The van der Waals surface area contributed by atoms with E-state index in [1.165, 1.54) is 11.3 Å². The fourth-order valence-electron chi connectivity index (χ4n) is 4.19. The van der Waals surface area contributed by atoms with Gasteiger partial charge in [0.15, 0.2) is 0 Å². The summed E-state index contributed by atoms with van der Waals surface area (Å²) in [6.07, 6.45) is 1.50. The molecule has 2 aromatic rings. The normalized spacial score (nSPS) is 22.6. The molecule has 2 N–H and O–H groups in total. The minimum atomic E-state index is -0.314. The highest BCUT2D eigenvalue weighted by Crippen LogP contribution is 2.32. The molecule has 2 aliphatic heterocycles. The van der Waals surface area contributed by atoms with Crippen molar-refractivity contribution in [3.63, 3.8) is 0 Å². The number of benzene rings is 1. The summed E-state index contributed by atoms with van der Waals surface area (Å²) in [5.74, 6) is 0.0671. The number of fused-ring (bicyclic) bond motifs is 2. The molecule has 1 aromatic heterocycles. The van der Waals surface area contributed by atoms with Crippen LogP contribution in [0.4, 0.5) is 5.69 Å². The highest BCUT2D eigenvalue weighted by atomic mass is 32.1. The molecule has 32 heavy (non-hydrogen) atoms. The van der Waals surface area contributed by atoms with Crippen LogP contribution < -0.4 is 15.4 Å². The number of likely N-dealkylation sites (N-methyl/N-ethyl adjacent to an activating group) is 1. The van der Waals surface area contributed by atoms with Crippen LogP contribution in [0, 0.1) is 0 Å². The topological polar surface area (TPSA) is 97.0 Å². The number of carbonyl (C=O) groups excluding carboxylic acids is 3. The molecule has 1 aromatic carbocycles. The number of hydrogen-bond acceptors (Lipinski definition) is 6. The lowest BCUT2D eigenvalue weighted by Gasteiger charge is -2.42. The quantitative estimate of drug-likeness (QED) is 0.719. The zero-order valence-electron chi connectivity index (χ0n) is 18.1. The molecular formula is C23H27N3O5S. The van der Waals surface area contributed by atoms with E-state index in [1.54, 1.807) is 37.2 Å². The standard InChI is InChI=1S/C23H27N3O5S/c1-24-21(27)11-15-6-7-18-20(31-15)13-30-19-8-5-14(10-17(19)23(29)26(18)2)25-22(28)12-16-4-3-9-32-16/h3-5,8-10,15,18,20H,6-7,11-13H2,1-2H3,(H,24,27)(H,25,28)/t15-,18-,20-/m1/s1. The van der Waals surface area contributed by atoms with Crippen LogP contribution in [-0.4, -0.2) is 61.6 Å². The number of ether oxygens (including phenoxy) is 2. The van der Waals surface area contributed by atoms with Crippen molar-refractivity contribution in [3.8, 4) is 5.75 Å². The summed E-state index contributed by atoms with van der Waals surface area (Å²) in [7, 11) is 3.37. The van der Waals surface area contributed by atoms with Crippen molar-refractivity contribution in [1.82, 2.24) is 10.2 Å². The van der Waals surface area contributed by atoms with Crippen LogP contribution in [-0.2, 0) is 20.7 Å². The fraction of sp³-hybridized carbons (Fsp3) is 0.435. The summed E-state index contributed by atoms with van der Waals surface area (Å²) >= 11 is 1.53. The van der Waals surface area contributed by atoms with Crippen LogP contribution in [0.2, 0.25) is 0 Å². The third-order valence-corrected chi connectivity index (χ3v) is 6.78. The Morgan fingerprint density at radius 3 is 2.81 bits per heavy atom. The van der Waals surface area contributed by atoms with Gasteiger partial charge in [-0.2, -0.15) is 0 Å². The summed E-state index contributed by atoms with van der Waals surface area (Å²) in [5.41, 5.74) is 0.964. The largest absolute Gasteiger partial charge is 0.490 e. The molecule has 0 radical (unpaired) electrons. The second-order valence-corrected chi connectivity index (χ2v) is 9.09. The van der Waals surface area contributed by atoms with E-state index < -0.39 is 0 Å². The third-order valence-electron chi connectivity index (χ3n) is 5.90. The Bertz CT molecular complexity index is 994. The molecular weight excluding hydrogens is 430 g/mol. The molecule has 0 saturated carbocycles. The van der Waals surface area contributed by atoms with Gasteiger partial charge >= 0.3 is 0 Å². The van der Waals surface area contributed by atoms with Gasteiger partial charge in [0.2, 0.25) is 11.8 Å². The highest BCUT2D eigenvalue weighted by Gasteiger charge is 2.39. The van der Waals surface area contributed by atoms with E-state index in [0.29, 0.717) is 29.8 Å². The van der Waals surface area contributed by atoms with Crippen LogP contribution in [0.5, 0.6) is 5.75 Å². The van der Waals surface area contributed by atoms with Crippen LogP contribution in [0.15, 0.2) is 35.7 Å². The Hall–Kier alpha value is -2.91. The predicted octanol–water partition coefficient (Wildman–Crippen LogP) is 2.45. The Morgan fingerprint density at radius 2 is 2.06 bits per heavy atom. The number of carbonyl (C=O) groups is 3. The van der Waals surface area contributed by atoms with Gasteiger partial charge in [0, 0.05) is 24.7 Å². The molecule has 3 atom stereocenters. The van der Waals surface area contributed by atoms with Gasteiger partial charge in [0.1, 0.15) is 18.5 Å². The van der Waals surface area contributed by atoms with E-state index in [0.717, 1.165) is 11.3 Å². The third kappa shape index (κ3) is 4.94. The highest BCUT2D eigenvalue weighted by molar-refractivity contribution is 7.10. The molecule has 0 bridgehead atoms. The van der Waals surface area contributed by atoms with Crippen molar-refractivity contribution in [2.24, 2.45) is 0 Å². The second-order valence-electron chi connectivity index (χ2n) is 8.06. The maximum Gasteiger partial charge on any atom is 0.257 e. The van der Waals surface area contributed by atoms with Crippen LogP contribution in [0.25, 0.3) is 0 Å². The van der Waals surface area contributed by atoms with E-state index in [9.17, 15) is 14.4 Å². The average Bonchev–Trinajstić information content (AvgIpc) is 3.29.